The molecule has 0 aromatic heterocycles. The first kappa shape index (κ1) is 20.8. The van der Waals surface area contributed by atoms with E-state index >= 15 is 0 Å². The fraction of sp³-hybridized carbons (Fsp3) is 0.333. The maximum atomic E-state index is 12.4. The van der Waals surface area contributed by atoms with E-state index in [9.17, 15) is 9.59 Å². The van der Waals surface area contributed by atoms with Crippen molar-refractivity contribution >= 4 is 23.6 Å². The third-order valence-corrected chi connectivity index (χ3v) is 5.29. The summed E-state index contributed by atoms with van der Waals surface area (Å²) in [5, 5.41) is 3.03. The van der Waals surface area contributed by atoms with Crippen molar-refractivity contribution in [1.29, 1.82) is 0 Å². The summed E-state index contributed by atoms with van der Waals surface area (Å²) in [7, 11) is 0. The van der Waals surface area contributed by atoms with Crippen LogP contribution in [0.25, 0.3) is 6.08 Å². The third kappa shape index (κ3) is 5.78. The van der Waals surface area contributed by atoms with E-state index in [0.717, 1.165) is 22.4 Å². The minimum Gasteiger partial charge on any atom is -0.337 e. The van der Waals surface area contributed by atoms with E-state index < -0.39 is 0 Å². The zero-order chi connectivity index (χ0) is 20.8. The maximum Gasteiger partial charge on any atom is 0.246 e. The highest BCUT2D eigenvalue weighted by Crippen LogP contribution is 2.19. The molecule has 1 N–H and O–H groups in total. The van der Waals surface area contributed by atoms with Crippen LogP contribution in [0.3, 0.4) is 0 Å². The van der Waals surface area contributed by atoms with Gasteiger partial charge in [0.05, 0.1) is 6.54 Å². The highest BCUT2D eigenvalue weighted by molar-refractivity contribution is 5.94. The number of para-hydroxylation sites is 1. The number of piperazine rings is 1. The van der Waals surface area contributed by atoms with E-state index in [1.807, 2.05) is 74.2 Å². The van der Waals surface area contributed by atoms with Crippen molar-refractivity contribution in [1.82, 2.24) is 9.80 Å². The van der Waals surface area contributed by atoms with Crippen LogP contribution in [0, 0.1) is 20.8 Å². The summed E-state index contributed by atoms with van der Waals surface area (Å²) < 4.78 is 0. The van der Waals surface area contributed by atoms with Gasteiger partial charge in [-0.15, -0.1) is 0 Å². The number of rotatable bonds is 5. The SMILES string of the molecule is Cc1ccc(/C=C/C(=O)N2CCN(CC(=O)Nc3c(C)cccc3C)CC2)cc1. The van der Waals surface area contributed by atoms with Crippen LogP contribution in [0.4, 0.5) is 5.69 Å². The topological polar surface area (TPSA) is 52.7 Å². The summed E-state index contributed by atoms with van der Waals surface area (Å²) in [6.45, 7) is 9.04. The highest BCUT2D eigenvalue weighted by Gasteiger charge is 2.21. The molecule has 0 aliphatic carbocycles. The maximum absolute atomic E-state index is 12.4. The predicted octanol–water partition coefficient (Wildman–Crippen LogP) is 3.41. The Morgan fingerprint density at radius 2 is 1.55 bits per heavy atom. The Hall–Kier alpha value is -2.92. The van der Waals surface area contributed by atoms with Gasteiger partial charge in [-0.25, -0.2) is 0 Å². The zero-order valence-electron chi connectivity index (χ0n) is 17.4. The molecule has 1 fully saturated rings. The molecule has 0 spiro atoms. The molecule has 2 amide bonds. The van der Waals surface area contributed by atoms with Gasteiger partial charge in [0.25, 0.3) is 0 Å². The van der Waals surface area contributed by atoms with Crippen LogP contribution in [0.2, 0.25) is 0 Å². The Morgan fingerprint density at radius 3 is 2.17 bits per heavy atom. The third-order valence-electron chi connectivity index (χ3n) is 5.29. The van der Waals surface area contributed by atoms with Gasteiger partial charge in [-0.1, -0.05) is 48.0 Å². The molecule has 0 atom stereocenters. The molecular formula is C24H29N3O2. The van der Waals surface area contributed by atoms with Crippen molar-refractivity contribution in [2.75, 3.05) is 38.0 Å². The zero-order valence-corrected chi connectivity index (χ0v) is 17.4. The van der Waals surface area contributed by atoms with Gasteiger partial charge < -0.3 is 10.2 Å². The first-order valence-corrected chi connectivity index (χ1v) is 10.0. The lowest BCUT2D eigenvalue weighted by molar-refractivity contribution is -0.127. The summed E-state index contributed by atoms with van der Waals surface area (Å²) in [6.07, 6.45) is 3.49. The van der Waals surface area contributed by atoms with Crippen molar-refractivity contribution in [2.24, 2.45) is 0 Å². The Balaban J connectivity index is 1.46. The van der Waals surface area contributed by atoms with Gasteiger partial charge in [0.2, 0.25) is 11.8 Å². The molecule has 5 heteroatoms. The number of amides is 2. The Kier molecular flexibility index (Phi) is 6.83. The molecule has 1 heterocycles. The largest absolute Gasteiger partial charge is 0.337 e. The van der Waals surface area contributed by atoms with Gasteiger partial charge >= 0.3 is 0 Å². The number of carbonyl (C=O) groups is 2. The highest BCUT2D eigenvalue weighted by atomic mass is 16.2. The number of nitrogens with one attached hydrogen (secondary N) is 1. The Bertz CT molecular complexity index is 875. The van der Waals surface area contributed by atoms with E-state index in [2.05, 4.69) is 10.2 Å². The van der Waals surface area contributed by atoms with Crippen molar-refractivity contribution < 1.29 is 9.59 Å². The molecule has 0 saturated carbocycles. The molecule has 2 aromatic carbocycles. The van der Waals surface area contributed by atoms with Gasteiger partial charge in [0.15, 0.2) is 0 Å². The molecule has 1 saturated heterocycles. The molecule has 29 heavy (non-hydrogen) atoms. The van der Waals surface area contributed by atoms with Gasteiger partial charge in [-0.3, -0.25) is 14.5 Å². The molecular weight excluding hydrogens is 362 g/mol. The van der Waals surface area contributed by atoms with E-state index in [4.69, 9.17) is 0 Å². The second kappa shape index (κ2) is 9.52. The molecule has 0 unspecified atom stereocenters. The molecule has 5 nitrogen and oxygen atoms in total. The van der Waals surface area contributed by atoms with E-state index in [0.29, 0.717) is 32.7 Å². The van der Waals surface area contributed by atoms with Crippen LogP contribution < -0.4 is 5.32 Å². The van der Waals surface area contributed by atoms with E-state index in [-0.39, 0.29) is 11.8 Å². The number of anilines is 1. The van der Waals surface area contributed by atoms with Crippen molar-refractivity contribution in [3.63, 3.8) is 0 Å². The lowest BCUT2D eigenvalue weighted by Gasteiger charge is -2.33. The number of hydrogen-bond acceptors (Lipinski definition) is 3. The Morgan fingerprint density at radius 1 is 0.931 bits per heavy atom. The molecule has 1 aliphatic heterocycles. The first-order chi connectivity index (χ1) is 13.9. The predicted molar refractivity (Wildman–Crippen MR) is 118 cm³/mol. The van der Waals surface area contributed by atoms with Crippen molar-refractivity contribution in [2.45, 2.75) is 20.8 Å². The Labute approximate surface area is 173 Å². The minimum atomic E-state index is -0.0126. The lowest BCUT2D eigenvalue weighted by Crippen LogP contribution is -2.50. The minimum absolute atomic E-state index is 0.0126. The molecule has 0 bridgehead atoms. The molecule has 152 valence electrons. The smallest absolute Gasteiger partial charge is 0.246 e. The second-order valence-corrected chi connectivity index (χ2v) is 7.66. The number of aryl methyl sites for hydroxylation is 3. The van der Waals surface area contributed by atoms with E-state index in [1.54, 1.807) is 6.08 Å². The van der Waals surface area contributed by atoms with Crippen molar-refractivity contribution in [3.05, 3.63) is 70.8 Å². The summed E-state index contributed by atoms with van der Waals surface area (Å²) >= 11 is 0. The first-order valence-electron chi connectivity index (χ1n) is 10.0. The summed E-state index contributed by atoms with van der Waals surface area (Å²) in [4.78, 5) is 28.8. The van der Waals surface area contributed by atoms with E-state index in [1.165, 1.54) is 5.56 Å². The second-order valence-electron chi connectivity index (χ2n) is 7.66. The van der Waals surface area contributed by atoms with Crippen LogP contribution in [0.5, 0.6) is 0 Å². The van der Waals surface area contributed by atoms with Crippen LogP contribution in [0.1, 0.15) is 22.3 Å². The number of nitrogens with zero attached hydrogens (tertiary/aromatic N) is 2. The average Bonchev–Trinajstić information content (AvgIpc) is 2.71. The van der Waals surface area contributed by atoms with Crippen molar-refractivity contribution in [3.8, 4) is 0 Å². The van der Waals surface area contributed by atoms with Gasteiger partial charge in [0, 0.05) is 37.9 Å². The number of benzene rings is 2. The number of hydrogen-bond donors (Lipinski definition) is 1. The van der Waals surface area contributed by atoms with Gasteiger partial charge in [0.1, 0.15) is 0 Å². The molecule has 2 aromatic rings. The van der Waals surface area contributed by atoms with Crippen LogP contribution >= 0.6 is 0 Å². The number of carbonyl (C=O) groups excluding carboxylic acids is 2. The van der Waals surface area contributed by atoms with Gasteiger partial charge in [-0.05, 0) is 43.5 Å². The fourth-order valence-corrected chi connectivity index (χ4v) is 3.47. The standard InChI is InChI=1S/C24H29N3O2/c1-18-7-9-21(10-8-18)11-12-23(29)27-15-13-26(14-16-27)17-22(28)25-24-19(2)5-4-6-20(24)3/h4-12H,13-17H2,1-3H3,(H,25,28)/b12-11+. The lowest BCUT2D eigenvalue weighted by atomic mass is 10.1. The van der Waals surface area contributed by atoms with Gasteiger partial charge in [-0.2, -0.15) is 0 Å². The average molecular weight is 392 g/mol. The summed E-state index contributed by atoms with van der Waals surface area (Å²) in [5.74, 6) is 0.00616. The normalized spacial score (nSPS) is 14.9. The molecule has 1 aliphatic rings. The van der Waals surface area contributed by atoms with Crippen LogP contribution in [-0.4, -0.2) is 54.3 Å². The monoisotopic (exact) mass is 391 g/mol. The van der Waals surface area contributed by atoms with Crippen LogP contribution in [-0.2, 0) is 9.59 Å². The molecule has 3 rings (SSSR count). The van der Waals surface area contributed by atoms with Crippen LogP contribution in [0.15, 0.2) is 48.5 Å². The summed E-state index contributed by atoms with van der Waals surface area (Å²) in [6, 6.07) is 14.1. The molecule has 0 radical (unpaired) electrons. The fourth-order valence-electron chi connectivity index (χ4n) is 3.47. The quantitative estimate of drug-likeness (QED) is 0.795. The summed E-state index contributed by atoms with van der Waals surface area (Å²) in [5.41, 5.74) is 5.24.